The third-order valence-electron chi connectivity index (χ3n) is 7.08. The summed E-state index contributed by atoms with van der Waals surface area (Å²) >= 11 is 0. The normalized spacial score (nSPS) is 8.12. The van der Waals surface area contributed by atoms with Crippen molar-refractivity contribution in [2.75, 3.05) is 21.7 Å². The van der Waals surface area contributed by atoms with Crippen LogP contribution in [0.3, 0.4) is 0 Å². The zero-order valence-corrected chi connectivity index (χ0v) is 61.4. The molecule has 5 N–H and O–H groups in total. The number of nitrogens with two attached hydrogens (primary N) is 1. The predicted molar refractivity (Wildman–Crippen MR) is 195 cm³/mol. The zero-order chi connectivity index (χ0) is 35.2. The summed E-state index contributed by atoms with van der Waals surface area (Å²) in [6.45, 7) is 9.94. The summed E-state index contributed by atoms with van der Waals surface area (Å²) < 4.78 is 0. The molecule has 10 nitrogen and oxygen atoms in total. The van der Waals surface area contributed by atoms with Crippen LogP contribution in [0.2, 0.25) is 0 Å². The molecule has 0 atom stereocenters. The van der Waals surface area contributed by atoms with E-state index in [-0.39, 0.29) is 211 Å². The molecule has 20 heteroatoms. The quantitative estimate of drug-likeness (QED) is 0.0944. The van der Waals surface area contributed by atoms with Gasteiger partial charge in [-0.1, -0.05) is 39.1 Å². The molecule has 0 saturated heterocycles. The topological polar surface area (TPSA) is 161 Å². The molecule has 4 aromatic carbocycles. The van der Waals surface area contributed by atoms with E-state index in [1.807, 2.05) is 95.3 Å². The molecule has 0 saturated carbocycles. The van der Waals surface area contributed by atoms with Crippen LogP contribution < -0.4 is 21.7 Å². The number of nitrogen functional groups attached to an aromatic ring is 1. The molecule has 6 aromatic rings. The predicted octanol–water partition coefficient (Wildman–Crippen LogP) is 8.31. The van der Waals surface area contributed by atoms with Gasteiger partial charge in [0.2, 0.25) is 11.9 Å². The van der Waals surface area contributed by atoms with Crippen LogP contribution in [-0.4, -0.2) is 19.9 Å². The summed E-state index contributed by atoms with van der Waals surface area (Å²) in [6, 6.07) is 35.8. The molecule has 0 aliphatic carbocycles. The molecule has 304 valence electrons. The third kappa shape index (κ3) is 25.9. The fraction of sp³-hybridized carbons (Fsp3) is 0.128. The van der Waals surface area contributed by atoms with Crippen molar-refractivity contribution in [3.8, 4) is 12.1 Å². The van der Waals surface area contributed by atoms with Gasteiger partial charge in [0.1, 0.15) is 5.82 Å². The van der Waals surface area contributed by atoms with E-state index in [0.29, 0.717) is 28.8 Å². The second kappa shape index (κ2) is 39.7. The number of benzene rings is 4. The SMILES string of the molecule is Cc1c[c-]cc(C)c1N.Cc1c[c-]cc(C)c1Nc1ccnc(Nc2ccc(C#N)cc2)n1.Cc1ccnc(Nc2ccc(C#N)cc2)n1.[W].[W].[W].[W].[W].[W].[W].[W].[W].[W]. The first-order chi connectivity index (χ1) is 23.6. The van der Waals surface area contributed by atoms with E-state index in [4.69, 9.17) is 16.3 Å². The van der Waals surface area contributed by atoms with Crippen molar-refractivity contribution in [1.29, 1.82) is 10.5 Å². The molecule has 0 aliphatic heterocycles. The maximum absolute atomic E-state index is 8.83. The van der Waals surface area contributed by atoms with Gasteiger partial charge >= 0.3 is 0 Å². The molecule has 6 rings (SSSR count). The Morgan fingerprint density at radius 3 is 1.24 bits per heavy atom. The van der Waals surface area contributed by atoms with Crippen LogP contribution in [0.25, 0.3) is 0 Å². The molecule has 2 heterocycles. The zero-order valence-electron chi connectivity index (χ0n) is 32.1. The maximum atomic E-state index is 8.83. The second-order valence-electron chi connectivity index (χ2n) is 11.0. The number of aryl methyl sites for hydroxylation is 5. The molecule has 0 fully saturated rings. The average molecular weight is 2480 g/mol. The molecule has 0 radical (unpaired) electrons. The van der Waals surface area contributed by atoms with Crippen LogP contribution in [0.1, 0.15) is 39.1 Å². The summed E-state index contributed by atoms with van der Waals surface area (Å²) in [7, 11) is 0. The Balaban J connectivity index is -0.000000137. The Labute approximate surface area is 491 Å². The Bertz CT molecular complexity index is 2070. The summed E-state index contributed by atoms with van der Waals surface area (Å²) in [4.78, 5) is 17.0. The van der Waals surface area contributed by atoms with Crippen LogP contribution in [0.5, 0.6) is 0 Å². The monoisotopic (exact) mass is 2480 g/mol. The summed E-state index contributed by atoms with van der Waals surface area (Å²) in [5.41, 5.74) is 15.8. The molecular formula is C39H36N10W10-2. The Kier molecular flexibility index (Phi) is 49.4. The van der Waals surface area contributed by atoms with Crippen LogP contribution in [-0.2, 0) is 211 Å². The number of nitrogens with one attached hydrogen (secondary N) is 3. The number of hydrogen-bond donors (Lipinski definition) is 4. The van der Waals surface area contributed by atoms with Crippen molar-refractivity contribution in [2.24, 2.45) is 0 Å². The first kappa shape index (κ1) is 73.5. The van der Waals surface area contributed by atoms with E-state index in [2.05, 4.69) is 60.2 Å². The molecule has 59 heavy (non-hydrogen) atoms. The van der Waals surface area contributed by atoms with Gasteiger partial charge in [-0.05, 0) is 67.6 Å². The summed E-state index contributed by atoms with van der Waals surface area (Å²) in [5.74, 6) is 1.76. The number of rotatable bonds is 6. The number of nitrogens with zero attached hydrogens (tertiary/aromatic N) is 6. The second-order valence-corrected chi connectivity index (χ2v) is 11.0. The molecule has 0 amide bonds. The van der Waals surface area contributed by atoms with Gasteiger partial charge in [0.25, 0.3) is 0 Å². The van der Waals surface area contributed by atoms with Crippen LogP contribution in [0.4, 0.5) is 40.5 Å². The van der Waals surface area contributed by atoms with Gasteiger partial charge in [-0.3, -0.25) is 0 Å². The molecule has 2 aromatic heterocycles. The van der Waals surface area contributed by atoms with Crippen LogP contribution in [0.15, 0.2) is 97.3 Å². The van der Waals surface area contributed by atoms with Gasteiger partial charge in [0.15, 0.2) is 0 Å². The molecule has 0 aliphatic rings. The van der Waals surface area contributed by atoms with Crippen molar-refractivity contribution in [2.45, 2.75) is 34.6 Å². The van der Waals surface area contributed by atoms with Gasteiger partial charge in [-0.25, -0.2) is 15.0 Å². The fourth-order valence-electron chi connectivity index (χ4n) is 4.34. The molecular weight excluding hydrogens is 2450 g/mol. The van der Waals surface area contributed by atoms with Crippen molar-refractivity contribution in [1.82, 2.24) is 19.9 Å². The van der Waals surface area contributed by atoms with Crippen LogP contribution >= 0.6 is 0 Å². The number of aromatic nitrogens is 4. The van der Waals surface area contributed by atoms with Gasteiger partial charge in [-0.15, -0.1) is 22.3 Å². The average Bonchev–Trinajstić information content (AvgIpc) is 3.10. The first-order valence-electron chi connectivity index (χ1n) is 15.3. The molecule has 0 unspecified atom stereocenters. The Hall–Kier alpha value is 0.103. The van der Waals surface area contributed by atoms with Gasteiger partial charge in [-0.2, -0.15) is 51.9 Å². The number of hydrogen-bond acceptors (Lipinski definition) is 10. The molecule has 0 bridgehead atoms. The van der Waals surface area contributed by atoms with Gasteiger partial charge < -0.3 is 21.7 Å². The number of anilines is 7. The van der Waals surface area contributed by atoms with Crippen molar-refractivity contribution >= 4 is 40.5 Å². The van der Waals surface area contributed by atoms with Gasteiger partial charge in [0, 0.05) is 240 Å². The minimum atomic E-state index is 0. The summed E-state index contributed by atoms with van der Waals surface area (Å²) in [5, 5.41) is 27.0. The van der Waals surface area contributed by atoms with E-state index >= 15 is 0 Å². The Morgan fingerprint density at radius 1 is 0.492 bits per heavy atom. The third-order valence-corrected chi connectivity index (χ3v) is 7.08. The Morgan fingerprint density at radius 2 is 0.864 bits per heavy atom. The van der Waals surface area contributed by atoms with Crippen molar-refractivity contribution in [3.63, 3.8) is 0 Å². The maximum Gasteiger partial charge on any atom is 0.229 e. The largest absolute Gasteiger partial charge is 0.419 e. The van der Waals surface area contributed by atoms with E-state index in [1.165, 1.54) is 0 Å². The smallest absolute Gasteiger partial charge is 0.229 e. The van der Waals surface area contributed by atoms with Crippen molar-refractivity contribution < 1.29 is 211 Å². The first-order valence-corrected chi connectivity index (χ1v) is 15.3. The van der Waals surface area contributed by atoms with Crippen LogP contribution in [0, 0.1) is 69.4 Å². The van der Waals surface area contributed by atoms with E-state index < -0.39 is 0 Å². The molecule has 0 spiro atoms. The van der Waals surface area contributed by atoms with E-state index in [9.17, 15) is 0 Å². The van der Waals surface area contributed by atoms with Crippen molar-refractivity contribution in [3.05, 3.63) is 149 Å². The summed E-state index contributed by atoms with van der Waals surface area (Å²) in [6.07, 6.45) is 3.40. The van der Waals surface area contributed by atoms with E-state index in [0.717, 1.165) is 50.7 Å². The number of nitriles is 2. The van der Waals surface area contributed by atoms with E-state index in [1.54, 1.807) is 36.7 Å². The standard InChI is InChI=1S/C19H16N5.C12H10N4.C8H10N.10W/c1-13-4-3-5-14(2)18(13)23-17-10-11-21-19(24-17)22-16-8-6-15(12-20)7-9-16;1-9-6-7-14-12(15-9)16-11-4-2-10(8-13)3-5-11;1-6-4-3-5-7(2)8(6)9;;;;;;;;;;/h4-11H,1-2H3,(H2,21,22,23,24);2-7H,1H3,(H,14,15,16);4-5H,9H2,1-2H3;;;;;;;;;;/q-1;;-1;;;;;;;;;;. The minimum Gasteiger partial charge on any atom is -0.419 e. The minimum absolute atomic E-state index is 0. The fourth-order valence-corrected chi connectivity index (χ4v) is 4.34. The van der Waals surface area contributed by atoms with Gasteiger partial charge in [0.05, 0.1) is 23.3 Å².